The molecule has 1 amide bonds. The Morgan fingerprint density at radius 2 is 1.92 bits per heavy atom. The van der Waals surface area contributed by atoms with E-state index in [2.05, 4.69) is 10.4 Å². The number of halogens is 2. The van der Waals surface area contributed by atoms with Gasteiger partial charge in [-0.2, -0.15) is 5.10 Å². The zero-order valence-electron chi connectivity index (χ0n) is 13.2. The van der Waals surface area contributed by atoms with E-state index in [0.717, 1.165) is 17.3 Å². The number of hydrogen-bond acceptors (Lipinski definition) is 3. The number of carbonyl (C=O) groups is 1. The Kier molecular flexibility index (Phi) is 5.73. The van der Waals surface area contributed by atoms with Crippen molar-refractivity contribution in [1.82, 2.24) is 9.78 Å². The van der Waals surface area contributed by atoms with E-state index in [1.165, 1.54) is 6.07 Å². The van der Waals surface area contributed by atoms with Crippen LogP contribution in [0.25, 0.3) is 0 Å². The van der Waals surface area contributed by atoms with E-state index in [1.54, 1.807) is 35.1 Å². The molecule has 128 valence electrons. The molecule has 0 saturated carbocycles. The van der Waals surface area contributed by atoms with Gasteiger partial charge in [-0.15, -0.1) is 11.8 Å². The number of amides is 1. The highest BCUT2D eigenvalue weighted by atomic mass is 35.5. The van der Waals surface area contributed by atoms with Gasteiger partial charge in [-0.3, -0.25) is 4.79 Å². The molecule has 0 bridgehead atoms. The fourth-order valence-corrected chi connectivity index (χ4v) is 3.17. The zero-order valence-corrected chi connectivity index (χ0v) is 14.7. The van der Waals surface area contributed by atoms with Crippen LogP contribution in [-0.4, -0.2) is 21.4 Å². The Labute approximate surface area is 154 Å². The normalized spacial score (nSPS) is 10.6. The number of hydrogen-bond donors (Lipinski definition) is 1. The standard InChI is InChI=1S/C18H15ClFN3OS/c19-14-6-2-1-5-13(14)11-23-17(9-10-21-23)22-18(24)12-25-16-8-4-3-7-15(16)20/h1-10H,11-12H2,(H,22,24). The van der Waals surface area contributed by atoms with E-state index >= 15 is 0 Å². The molecule has 3 aromatic rings. The van der Waals surface area contributed by atoms with Gasteiger partial charge < -0.3 is 5.32 Å². The van der Waals surface area contributed by atoms with Gasteiger partial charge in [0.05, 0.1) is 18.5 Å². The lowest BCUT2D eigenvalue weighted by atomic mass is 10.2. The topological polar surface area (TPSA) is 46.9 Å². The molecule has 0 spiro atoms. The Bertz CT molecular complexity index is 884. The lowest BCUT2D eigenvalue weighted by Gasteiger charge is -2.10. The van der Waals surface area contributed by atoms with Crippen molar-refractivity contribution in [3.05, 3.63) is 77.2 Å². The molecule has 0 aliphatic carbocycles. The van der Waals surface area contributed by atoms with E-state index in [1.807, 2.05) is 24.3 Å². The van der Waals surface area contributed by atoms with Crippen molar-refractivity contribution < 1.29 is 9.18 Å². The third kappa shape index (κ3) is 4.61. The summed E-state index contributed by atoms with van der Waals surface area (Å²) in [4.78, 5) is 12.6. The minimum absolute atomic E-state index is 0.109. The lowest BCUT2D eigenvalue weighted by molar-refractivity contribution is -0.113. The molecule has 0 atom stereocenters. The molecule has 0 radical (unpaired) electrons. The maximum atomic E-state index is 13.6. The van der Waals surface area contributed by atoms with E-state index < -0.39 is 0 Å². The van der Waals surface area contributed by atoms with E-state index in [-0.39, 0.29) is 17.5 Å². The second kappa shape index (κ2) is 8.18. The summed E-state index contributed by atoms with van der Waals surface area (Å²) in [5.41, 5.74) is 0.907. The van der Waals surface area contributed by atoms with Gasteiger partial charge in [-0.05, 0) is 23.8 Å². The van der Waals surface area contributed by atoms with Crippen LogP contribution in [0.2, 0.25) is 5.02 Å². The number of aromatic nitrogens is 2. The smallest absolute Gasteiger partial charge is 0.235 e. The number of rotatable bonds is 6. The number of nitrogens with zero attached hydrogens (tertiary/aromatic N) is 2. The molecule has 1 N–H and O–H groups in total. The monoisotopic (exact) mass is 375 g/mol. The van der Waals surface area contributed by atoms with Crippen molar-refractivity contribution in [2.45, 2.75) is 11.4 Å². The summed E-state index contributed by atoms with van der Waals surface area (Å²) in [7, 11) is 0. The molecular formula is C18H15ClFN3OS. The summed E-state index contributed by atoms with van der Waals surface area (Å²) < 4.78 is 15.2. The van der Waals surface area contributed by atoms with Crippen LogP contribution in [0.3, 0.4) is 0 Å². The van der Waals surface area contributed by atoms with Gasteiger partial charge >= 0.3 is 0 Å². The summed E-state index contributed by atoms with van der Waals surface area (Å²) >= 11 is 7.32. The second-order valence-electron chi connectivity index (χ2n) is 5.23. The fourth-order valence-electron chi connectivity index (χ4n) is 2.24. The molecule has 1 heterocycles. The first-order valence-corrected chi connectivity index (χ1v) is 8.92. The number of carbonyl (C=O) groups excluding carboxylic acids is 1. The predicted octanol–water partition coefficient (Wildman–Crippen LogP) is 4.45. The van der Waals surface area contributed by atoms with Crippen LogP contribution in [0.15, 0.2) is 65.7 Å². The van der Waals surface area contributed by atoms with Crippen molar-refractivity contribution in [3.63, 3.8) is 0 Å². The van der Waals surface area contributed by atoms with Crippen LogP contribution < -0.4 is 5.32 Å². The lowest BCUT2D eigenvalue weighted by Crippen LogP contribution is -2.18. The van der Waals surface area contributed by atoms with Crippen LogP contribution >= 0.6 is 23.4 Å². The molecule has 0 aliphatic heterocycles. The highest BCUT2D eigenvalue weighted by Gasteiger charge is 2.11. The predicted molar refractivity (Wildman–Crippen MR) is 98.5 cm³/mol. The van der Waals surface area contributed by atoms with E-state index in [4.69, 9.17) is 11.6 Å². The quantitative estimate of drug-likeness (QED) is 0.647. The second-order valence-corrected chi connectivity index (χ2v) is 6.66. The van der Waals surface area contributed by atoms with Crippen LogP contribution in [0.5, 0.6) is 0 Å². The van der Waals surface area contributed by atoms with Crippen molar-refractivity contribution in [2.24, 2.45) is 0 Å². The summed E-state index contributed by atoms with van der Waals surface area (Å²) in [6.07, 6.45) is 1.61. The summed E-state index contributed by atoms with van der Waals surface area (Å²) in [6.45, 7) is 0.447. The maximum Gasteiger partial charge on any atom is 0.235 e. The van der Waals surface area contributed by atoms with Crippen molar-refractivity contribution in [2.75, 3.05) is 11.1 Å². The summed E-state index contributed by atoms with van der Waals surface area (Å²) in [5.74, 6) is 0.121. The van der Waals surface area contributed by atoms with Gasteiger partial charge in [0.25, 0.3) is 0 Å². The summed E-state index contributed by atoms with van der Waals surface area (Å²) in [6, 6.07) is 15.6. The van der Waals surface area contributed by atoms with Crippen LogP contribution in [-0.2, 0) is 11.3 Å². The van der Waals surface area contributed by atoms with Gasteiger partial charge in [-0.25, -0.2) is 9.07 Å². The third-order valence-electron chi connectivity index (χ3n) is 3.46. The van der Waals surface area contributed by atoms with Crippen LogP contribution in [0.1, 0.15) is 5.56 Å². The molecule has 0 aliphatic rings. The molecule has 4 nitrogen and oxygen atoms in total. The SMILES string of the molecule is O=C(CSc1ccccc1F)Nc1ccnn1Cc1ccccc1Cl. The Morgan fingerprint density at radius 1 is 1.16 bits per heavy atom. The molecule has 25 heavy (non-hydrogen) atoms. The van der Waals surface area contributed by atoms with Gasteiger partial charge in [0, 0.05) is 16.0 Å². The van der Waals surface area contributed by atoms with Gasteiger partial charge in [-0.1, -0.05) is 41.9 Å². The minimum Gasteiger partial charge on any atom is -0.310 e. The molecular weight excluding hydrogens is 361 g/mol. The average Bonchev–Trinajstić information content (AvgIpc) is 3.03. The van der Waals surface area contributed by atoms with E-state index in [0.29, 0.717) is 22.3 Å². The first kappa shape index (κ1) is 17.5. The first-order chi connectivity index (χ1) is 12.1. The van der Waals surface area contributed by atoms with Crippen molar-refractivity contribution in [1.29, 1.82) is 0 Å². The van der Waals surface area contributed by atoms with Crippen LogP contribution in [0, 0.1) is 5.82 Å². The molecule has 0 saturated heterocycles. The fraction of sp³-hybridized carbons (Fsp3) is 0.111. The molecule has 2 aromatic carbocycles. The largest absolute Gasteiger partial charge is 0.310 e. The molecule has 0 unspecified atom stereocenters. The van der Waals surface area contributed by atoms with E-state index in [9.17, 15) is 9.18 Å². The molecule has 0 fully saturated rings. The van der Waals surface area contributed by atoms with Crippen molar-refractivity contribution >= 4 is 35.1 Å². The highest BCUT2D eigenvalue weighted by molar-refractivity contribution is 8.00. The molecule has 1 aromatic heterocycles. The summed E-state index contributed by atoms with van der Waals surface area (Å²) in [5, 5.41) is 7.65. The maximum absolute atomic E-state index is 13.6. The Balaban J connectivity index is 1.62. The number of nitrogens with one attached hydrogen (secondary N) is 1. The third-order valence-corrected chi connectivity index (χ3v) is 4.87. The molecule has 3 rings (SSSR count). The van der Waals surface area contributed by atoms with Crippen LogP contribution in [0.4, 0.5) is 10.2 Å². The average molecular weight is 376 g/mol. The van der Waals surface area contributed by atoms with Gasteiger partial charge in [0.15, 0.2) is 0 Å². The minimum atomic E-state index is -0.330. The number of anilines is 1. The number of thioether (sulfide) groups is 1. The van der Waals surface area contributed by atoms with Gasteiger partial charge in [0.1, 0.15) is 11.6 Å². The highest BCUT2D eigenvalue weighted by Crippen LogP contribution is 2.22. The Morgan fingerprint density at radius 3 is 2.72 bits per heavy atom. The van der Waals surface area contributed by atoms with Gasteiger partial charge in [0.2, 0.25) is 5.91 Å². The zero-order chi connectivity index (χ0) is 17.6. The van der Waals surface area contributed by atoms with Crippen molar-refractivity contribution in [3.8, 4) is 0 Å². The number of benzene rings is 2. The first-order valence-electron chi connectivity index (χ1n) is 7.56. The Hall–Kier alpha value is -2.31. The molecule has 7 heteroatoms.